The molecule has 0 heterocycles. The highest BCUT2D eigenvalue weighted by atomic mass is 17.2. The highest BCUT2D eigenvalue weighted by Gasteiger charge is 2.35. The van der Waals surface area contributed by atoms with Gasteiger partial charge in [-0.3, -0.25) is 14.5 Å². The Kier molecular flexibility index (Phi) is 24.7. The van der Waals surface area contributed by atoms with Crippen molar-refractivity contribution >= 4 is 17.9 Å². The molecule has 0 N–H and O–H groups in total. The molecule has 47 heavy (non-hydrogen) atoms. The Morgan fingerprint density at radius 1 is 0.596 bits per heavy atom. The molecule has 0 bridgehead atoms. The van der Waals surface area contributed by atoms with Crippen molar-refractivity contribution in [2.24, 2.45) is 16.7 Å². The Morgan fingerprint density at radius 2 is 1.15 bits per heavy atom. The van der Waals surface area contributed by atoms with E-state index in [2.05, 4.69) is 0 Å². The van der Waals surface area contributed by atoms with E-state index in [-0.39, 0.29) is 39.1 Å². The summed E-state index contributed by atoms with van der Waals surface area (Å²) in [6.07, 6.45) is 6.00. The molecular formula is C34H62O13. The van der Waals surface area contributed by atoms with Gasteiger partial charge in [0.1, 0.15) is 12.2 Å². The standard InChI is InChI=1S/C34H62O13/c1-10-32(22-40-6,17-19-38-4)25-45-31(37)28(21-30(36)46-47-34(12-3,27-43-9)18-20-39-5)15-13-14-16-29(35)44-26-33(11-2,23-41-7)24-42-8/h13-14,28H,10-12,15-27H2,1-9H3/b14-13+. The lowest BCUT2D eigenvalue weighted by atomic mass is 9.83. The maximum absolute atomic E-state index is 13.4. The van der Waals surface area contributed by atoms with Gasteiger partial charge in [0, 0.05) is 67.7 Å². The Bertz CT molecular complexity index is 874. The predicted molar refractivity (Wildman–Crippen MR) is 175 cm³/mol. The van der Waals surface area contributed by atoms with Crippen LogP contribution in [0.4, 0.5) is 0 Å². The molecule has 0 aliphatic carbocycles. The van der Waals surface area contributed by atoms with E-state index in [4.69, 9.17) is 47.7 Å². The van der Waals surface area contributed by atoms with E-state index in [1.54, 1.807) is 47.7 Å². The molecule has 0 aromatic heterocycles. The first kappa shape index (κ1) is 44.9. The van der Waals surface area contributed by atoms with E-state index in [0.29, 0.717) is 65.1 Å². The molecule has 13 heteroatoms. The highest BCUT2D eigenvalue weighted by Crippen LogP contribution is 2.29. The number of carbonyl (C=O) groups excluding carboxylic acids is 3. The smallest absolute Gasteiger partial charge is 0.343 e. The van der Waals surface area contributed by atoms with Crippen LogP contribution in [0, 0.1) is 16.7 Å². The zero-order valence-corrected chi connectivity index (χ0v) is 30.4. The summed E-state index contributed by atoms with van der Waals surface area (Å²) in [5.41, 5.74) is -1.79. The summed E-state index contributed by atoms with van der Waals surface area (Å²) in [5.74, 6) is -2.65. The van der Waals surface area contributed by atoms with Gasteiger partial charge in [0.15, 0.2) is 0 Å². The molecule has 0 aliphatic rings. The molecular weight excluding hydrogens is 616 g/mol. The van der Waals surface area contributed by atoms with E-state index in [0.717, 1.165) is 0 Å². The number of esters is 2. The largest absolute Gasteiger partial charge is 0.465 e. The summed E-state index contributed by atoms with van der Waals surface area (Å²) in [6, 6.07) is 0. The predicted octanol–water partition coefficient (Wildman–Crippen LogP) is 4.49. The van der Waals surface area contributed by atoms with Gasteiger partial charge in [0.2, 0.25) is 0 Å². The van der Waals surface area contributed by atoms with Crippen LogP contribution in [-0.2, 0) is 62.1 Å². The summed E-state index contributed by atoms with van der Waals surface area (Å²) < 4.78 is 43.1. The first-order valence-corrected chi connectivity index (χ1v) is 16.3. The van der Waals surface area contributed by atoms with Gasteiger partial charge in [-0.2, -0.15) is 4.89 Å². The van der Waals surface area contributed by atoms with E-state index in [9.17, 15) is 14.4 Å². The maximum Gasteiger partial charge on any atom is 0.343 e. The molecule has 0 spiro atoms. The average Bonchev–Trinajstić information content (AvgIpc) is 3.07. The van der Waals surface area contributed by atoms with Gasteiger partial charge in [-0.15, -0.1) is 0 Å². The minimum Gasteiger partial charge on any atom is -0.465 e. The van der Waals surface area contributed by atoms with Crippen LogP contribution in [0.5, 0.6) is 0 Å². The zero-order chi connectivity index (χ0) is 35.6. The van der Waals surface area contributed by atoms with Crippen LogP contribution in [-0.4, -0.2) is 119 Å². The molecule has 0 fully saturated rings. The molecule has 0 saturated heterocycles. The monoisotopic (exact) mass is 678 g/mol. The van der Waals surface area contributed by atoms with Gasteiger partial charge < -0.3 is 37.9 Å². The second kappa shape index (κ2) is 25.8. The number of rotatable bonds is 30. The lowest BCUT2D eigenvalue weighted by molar-refractivity contribution is -0.344. The van der Waals surface area contributed by atoms with Crippen LogP contribution >= 0.6 is 0 Å². The van der Waals surface area contributed by atoms with Crippen molar-refractivity contribution in [3.05, 3.63) is 12.2 Å². The van der Waals surface area contributed by atoms with Gasteiger partial charge >= 0.3 is 17.9 Å². The maximum atomic E-state index is 13.4. The summed E-state index contributed by atoms with van der Waals surface area (Å²) in [6.45, 7) is 8.27. The molecule has 0 aromatic carbocycles. The van der Waals surface area contributed by atoms with Crippen molar-refractivity contribution in [2.45, 2.75) is 77.7 Å². The fourth-order valence-corrected chi connectivity index (χ4v) is 4.97. The van der Waals surface area contributed by atoms with Crippen LogP contribution in [0.15, 0.2) is 12.2 Å². The highest BCUT2D eigenvalue weighted by molar-refractivity contribution is 5.80. The van der Waals surface area contributed by atoms with Gasteiger partial charge in [-0.05, 0) is 32.1 Å². The fourth-order valence-electron chi connectivity index (χ4n) is 4.97. The summed E-state index contributed by atoms with van der Waals surface area (Å²) in [5, 5.41) is 0. The number of allylic oxidation sites excluding steroid dienone is 1. The third kappa shape index (κ3) is 17.7. The number of carbonyl (C=O) groups is 3. The third-order valence-electron chi connectivity index (χ3n) is 8.49. The summed E-state index contributed by atoms with van der Waals surface area (Å²) in [7, 11) is 9.49. The molecule has 0 aromatic rings. The number of hydrogen-bond acceptors (Lipinski definition) is 13. The quantitative estimate of drug-likeness (QED) is 0.0456. The van der Waals surface area contributed by atoms with Crippen molar-refractivity contribution in [3.8, 4) is 0 Å². The van der Waals surface area contributed by atoms with E-state index >= 15 is 0 Å². The van der Waals surface area contributed by atoms with E-state index in [1.807, 2.05) is 20.8 Å². The number of methoxy groups -OCH3 is 6. The first-order chi connectivity index (χ1) is 22.5. The van der Waals surface area contributed by atoms with Crippen LogP contribution in [0.3, 0.4) is 0 Å². The van der Waals surface area contributed by atoms with Crippen LogP contribution < -0.4 is 0 Å². The molecule has 0 radical (unpaired) electrons. The molecule has 13 nitrogen and oxygen atoms in total. The van der Waals surface area contributed by atoms with Crippen LogP contribution in [0.1, 0.15) is 72.1 Å². The second-order valence-electron chi connectivity index (χ2n) is 12.1. The van der Waals surface area contributed by atoms with E-state index in [1.165, 1.54) is 7.11 Å². The molecule has 276 valence electrons. The molecule has 3 atom stereocenters. The Hall–Kier alpha value is -2.13. The lowest BCUT2D eigenvalue weighted by Crippen LogP contribution is -2.39. The summed E-state index contributed by atoms with van der Waals surface area (Å²) >= 11 is 0. The molecule has 0 aliphatic heterocycles. The van der Waals surface area contributed by atoms with E-state index < -0.39 is 40.3 Å². The van der Waals surface area contributed by atoms with Gasteiger partial charge in [0.25, 0.3) is 0 Å². The van der Waals surface area contributed by atoms with Crippen molar-refractivity contribution in [2.75, 3.05) is 95.5 Å². The Balaban J connectivity index is 5.67. The van der Waals surface area contributed by atoms with Crippen molar-refractivity contribution in [1.82, 2.24) is 0 Å². The van der Waals surface area contributed by atoms with Gasteiger partial charge in [-0.25, -0.2) is 4.79 Å². The topological polar surface area (TPSA) is 144 Å². The third-order valence-corrected chi connectivity index (χ3v) is 8.49. The van der Waals surface area contributed by atoms with Gasteiger partial charge in [-0.1, -0.05) is 32.9 Å². The first-order valence-electron chi connectivity index (χ1n) is 16.3. The van der Waals surface area contributed by atoms with Crippen LogP contribution in [0.2, 0.25) is 0 Å². The number of ether oxygens (including phenoxy) is 8. The lowest BCUT2D eigenvalue weighted by Gasteiger charge is -2.32. The SMILES string of the molecule is CCC(COC)(COC)COC(=O)C/C=C/CC(CC(=O)OOC(CC)(CCOC)COC)C(=O)OCC(CC)(CCOC)COC. The molecule has 0 saturated carbocycles. The average molecular weight is 679 g/mol. The summed E-state index contributed by atoms with van der Waals surface area (Å²) in [4.78, 5) is 49.7. The van der Waals surface area contributed by atoms with Crippen molar-refractivity contribution in [1.29, 1.82) is 0 Å². The minimum absolute atomic E-state index is 0.0194. The van der Waals surface area contributed by atoms with Crippen molar-refractivity contribution < 1.29 is 62.1 Å². The number of hydrogen-bond donors (Lipinski definition) is 0. The van der Waals surface area contributed by atoms with Crippen LogP contribution in [0.25, 0.3) is 0 Å². The molecule has 0 amide bonds. The minimum atomic E-state index is -0.902. The molecule has 0 rings (SSSR count). The fraction of sp³-hybridized carbons (Fsp3) is 0.853. The van der Waals surface area contributed by atoms with Crippen molar-refractivity contribution in [3.63, 3.8) is 0 Å². The second-order valence-corrected chi connectivity index (χ2v) is 12.1. The molecule has 3 unspecified atom stereocenters. The normalized spacial score (nSPS) is 15.2. The zero-order valence-electron chi connectivity index (χ0n) is 30.4. The Labute approximate surface area is 282 Å². The Morgan fingerprint density at radius 3 is 1.68 bits per heavy atom. The van der Waals surface area contributed by atoms with Gasteiger partial charge in [0.05, 0.1) is 57.2 Å².